The van der Waals surface area contributed by atoms with E-state index < -0.39 is 10.0 Å². The highest BCUT2D eigenvalue weighted by Crippen LogP contribution is 2.26. The van der Waals surface area contributed by atoms with E-state index in [-0.39, 0.29) is 15.2 Å². The lowest BCUT2D eigenvalue weighted by molar-refractivity contribution is 0.578. The molecule has 2 rings (SSSR count). The van der Waals surface area contributed by atoms with E-state index in [2.05, 4.69) is 14.8 Å². The molecule has 0 unspecified atom stereocenters. The van der Waals surface area contributed by atoms with Gasteiger partial charge in [-0.3, -0.25) is 4.68 Å². The van der Waals surface area contributed by atoms with E-state index in [1.807, 2.05) is 0 Å². The van der Waals surface area contributed by atoms with Crippen molar-refractivity contribution in [3.05, 3.63) is 28.1 Å². The summed E-state index contributed by atoms with van der Waals surface area (Å²) in [5, 5.41) is 3.96. The molecule has 2 aromatic heterocycles. The van der Waals surface area contributed by atoms with Crippen molar-refractivity contribution in [2.45, 2.75) is 17.7 Å². The molecular weight excluding hydrogens is 296 g/mol. The quantitative estimate of drug-likeness (QED) is 0.924. The zero-order valence-electron chi connectivity index (χ0n) is 9.71. The maximum atomic E-state index is 12.0. The minimum atomic E-state index is -3.58. The van der Waals surface area contributed by atoms with Gasteiger partial charge in [0.05, 0.1) is 17.9 Å². The summed E-state index contributed by atoms with van der Waals surface area (Å²) in [6.45, 7) is 1.79. The standard InChI is InChI=1S/C9H11ClN4O2S2/c1-6-8(17-9(10)13-6)18(15,16)12-5-7-3-4-11-14(7)2/h3-4,12H,5H2,1-2H3. The van der Waals surface area contributed by atoms with E-state index in [0.29, 0.717) is 5.69 Å². The number of aryl methyl sites for hydroxylation is 2. The number of nitrogens with one attached hydrogen (secondary N) is 1. The zero-order valence-corrected chi connectivity index (χ0v) is 12.1. The van der Waals surface area contributed by atoms with Crippen LogP contribution in [-0.2, 0) is 23.6 Å². The number of sulfonamides is 1. The number of hydrogen-bond donors (Lipinski definition) is 1. The summed E-state index contributed by atoms with van der Waals surface area (Å²) in [6, 6.07) is 1.75. The summed E-state index contributed by atoms with van der Waals surface area (Å²) in [6.07, 6.45) is 1.61. The maximum Gasteiger partial charge on any atom is 0.252 e. The zero-order chi connectivity index (χ0) is 13.3. The minimum absolute atomic E-state index is 0.148. The molecule has 0 fully saturated rings. The van der Waals surface area contributed by atoms with Crippen LogP contribution in [0.15, 0.2) is 16.5 Å². The predicted molar refractivity (Wildman–Crippen MR) is 69.1 cm³/mol. The molecule has 0 amide bonds. The molecule has 1 N–H and O–H groups in total. The summed E-state index contributed by atoms with van der Waals surface area (Å²) in [4.78, 5) is 3.89. The van der Waals surface area contributed by atoms with Crippen molar-refractivity contribution in [1.29, 1.82) is 0 Å². The van der Waals surface area contributed by atoms with Crippen LogP contribution in [0.25, 0.3) is 0 Å². The van der Waals surface area contributed by atoms with E-state index in [4.69, 9.17) is 11.6 Å². The maximum absolute atomic E-state index is 12.0. The molecule has 0 aromatic carbocycles. The smallest absolute Gasteiger partial charge is 0.252 e. The van der Waals surface area contributed by atoms with Gasteiger partial charge in [0.1, 0.15) is 0 Å². The highest BCUT2D eigenvalue weighted by molar-refractivity contribution is 7.91. The number of aromatic nitrogens is 3. The third kappa shape index (κ3) is 2.72. The van der Waals surface area contributed by atoms with Crippen LogP contribution in [-0.4, -0.2) is 23.2 Å². The van der Waals surface area contributed by atoms with Crippen molar-refractivity contribution in [3.63, 3.8) is 0 Å². The van der Waals surface area contributed by atoms with Gasteiger partial charge in [0.15, 0.2) is 8.68 Å². The van der Waals surface area contributed by atoms with E-state index in [1.165, 1.54) is 0 Å². The van der Waals surface area contributed by atoms with Crippen LogP contribution >= 0.6 is 22.9 Å². The third-order valence-electron chi connectivity index (χ3n) is 2.34. The van der Waals surface area contributed by atoms with Gasteiger partial charge in [-0.15, -0.1) is 0 Å². The van der Waals surface area contributed by atoms with Crippen molar-refractivity contribution in [2.24, 2.45) is 7.05 Å². The average Bonchev–Trinajstić information content (AvgIpc) is 2.82. The Hall–Kier alpha value is -0.960. The van der Waals surface area contributed by atoms with E-state index in [0.717, 1.165) is 17.0 Å². The third-order valence-corrected chi connectivity index (χ3v) is 5.61. The Kier molecular flexibility index (Phi) is 3.71. The van der Waals surface area contributed by atoms with Gasteiger partial charge in [-0.25, -0.2) is 18.1 Å². The summed E-state index contributed by atoms with van der Waals surface area (Å²) in [5.74, 6) is 0. The molecule has 0 radical (unpaired) electrons. The van der Waals surface area contributed by atoms with E-state index in [9.17, 15) is 8.42 Å². The van der Waals surface area contributed by atoms with Crippen LogP contribution in [0.3, 0.4) is 0 Å². The van der Waals surface area contributed by atoms with Gasteiger partial charge >= 0.3 is 0 Å². The Bertz CT molecular complexity index is 662. The summed E-state index contributed by atoms with van der Waals surface area (Å²) in [5.41, 5.74) is 1.18. The first-order valence-electron chi connectivity index (χ1n) is 4.99. The van der Waals surface area contributed by atoms with Crippen molar-refractivity contribution < 1.29 is 8.42 Å². The number of halogens is 1. The predicted octanol–water partition coefficient (Wildman–Crippen LogP) is 1.32. The highest BCUT2D eigenvalue weighted by Gasteiger charge is 2.21. The van der Waals surface area contributed by atoms with Crippen molar-refractivity contribution in [3.8, 4) is 0 Å². The number of hydrogen-bond acceptors (Lipinski definition) is 5. The fourth-order valence-corrected chi connectivity index (χ4v) is 4.19. The second-order valence-corrected chi connectivity index (χ2v) is 7.15. The first-order valence-corrected chi connectivity index (χ1v) is 7.67. The van der Waals surface area contributed by atoms with Crippen molar-refractivity contribution in [2.75, 3.05) is 0 Å². The van der Waals surface area contributed by atoms with Gasteiger partial charge in [0.25, 0.3) is 10.0 Å². The van der Waals surface area contributed by atoms with Crippen LogP contribution in [0.1, 0.15) is 11.4 Å². The second-order valence-electron chi connectivity index (χ2n) is 3.61. The number of thiazole rings is 1. The van der Waals surface area contributed by atoms with Gasteiger partial charge in [0.2, 0.25) is 0 Å². The van der Waals surface area contributed by atoms with Crippen LogP contribution in [0.4, 0.5) is 0 Å². The summed E-state index contributed by atoms with van der Waals surface area (Å²) >= 11 is 6.64. The molecule has 18 heavy (non-hydrogen) atoms. The van der Waals surface area contributed by atoms with Crippen molar-refractivity contribution >= 4 is 33.0 Å². The summed E-state index contributed by atoms with van der Waals surface area (Å²) < 4.78 is 28.6. The van der Waals surface area contributed by atoms with Gasteiger partial charge in [-0.05, 0) is 13.0 Å². The SMILES string of the molecule is Cc1nc(Cl)sc1S(=O)(=O)NCc1ccnn1C. The molecule has 0 aliphatic carbocycles. The topological polar surface area (TPSA) is 76.9 Å². The molecule has 0 aliphatic rings. The molecule has 0 saturated heterocycles. The molecule has 0 spiro atoms. The van der Waals surface area contributed by atoms with Gasteiger partial charge in [-0.2, -0.15) is 5.10 Å². The Balaban J connectivity index is 2.18. The molecule has 0 atom stereocenters. The average molecular weight is 307 g/mol. The van der Waals surface area contributed by atoms with Crippen LogP contribution in [0, 0.1) is 6.92 Å². The summed E-state index contributed by atoms with van der Waals surface area (Å²) in [7, 11) is -1.83. The Morgan fingerprint density at radius 2 is 2.28 bits per heavy atom. The molecule has 0 aliphatic heterocycles. The fraction of sp³-hybridized carbons (Fsp3) is 0.333. The normalized spacial score (nSPS) is 11.9. The van der Waals surface area contributed by atoms with Crippen LogP contribution in [0.5, 0.6) is 0 Å². The van der Waals surface area contributed by atoms with Crippen LogP contribution < -0.4 is 4.72 Å². The lowest BCUT2D eigenvalue weighted by Crippen LogP contribution is -2.24. The Morgan fingerprint density at radius 3 is 2.78 bits per heavy atom. The van der Waals surface area contributed by atoms with Crippen molar-refractivity contribution in [1.82, 2.24) is 19.5 Å². The van der Waals surface area contributed by atoms with E-state index >= 15 is 0 Å². The van der Waals surface area contributed by atoms with Gasteiger partial charge in [0, 0.05) is 13.2 Å². The molecule has 6 nitrogen and oxygen atoms in total. The van der Waals surface area contributed by atoms with E-state index in [1.54, 1.807) is 30.9 Å². The molecule has 0 bridgehead atoms. The van der Waals surface area contributed by atoms with Crippen LogP contribution in [0.2, 0.25) is 4.47 Å². The monoisotopic (exact) mass is 306 g/mol. The van der Waals surface area contributed by atoms with Gasteiger partial charge < -0.3 is 0 Å². The highest BCUT2D eigenvalue weighted by atomic mass is 35.5. The first-order chi connectivity index (χ1) is 8.40. The minimum Gasteiger partial charge on any atom is -0.271 e. The molecule has 2 heterocycles. The molecule has 2 aromatic rings. The Labute approximate surface area is 114 Å². The lowest BCUT2D eigenvalue weighted by atomic mass is 10.4. The Morgan fingerprint density at radius 1 is 1.56 bits per heavy atom. The molecule has 98 valence electrons. The largest absolute Gasteiger partial charge is 0.271 e. The molecule has 0 saturated carbocycles. The van der Waals surface area contributed by atoms with Gasteiger partial charge in [-0.1, -0.05) is 22.9 Å². The molecule has 9 heteroatoms. The second kappa shape index (κ2) is 4.96. The fourth-order valence-electron chi connectivity index (χ4n) is 1.41. The lowest BCUT2D eigenvalue weighted by Gasteiger charge is -2.05. The molecular formula is C9H11ClN4O2S2. The number of nitrogens with zero attached hydrogens (tertiary/aromatic N) is 3. The number of rotatable bonds is 4. The first kappa shape index (κ1) is 13.5.